The van der Waals surface area contributed by atoms with Gasteiger partial charge in [0.1, 0.15) is 0 Å². The third-order valence-electron chi connectivity index (χ3n) is 2.77. The number of carbonyl (C=O) groups is 1. The monoisotopic (exact) mass is 314 g/mol. The van der Waals surface area contributed by atoms with Crippen molar-refractivity contribution in [3.8, 4) is 0 Å². The highest BCUT2D eigenvalue weighted by atomic mass is 79.9. The molecule has 1 amide bonds. The molecule has 1 heterocycles. The highest BCUT2D eigenvalue weighted by Gasteiger charge is 2.23. The number of nitrogen functional groups attached to an aromatic ring is 1. The Morgan fingerprint density at radius 2 is 2.35 bits per heavy atom. The molecule has 0 saturated carbocycles. The molecule has 0 bridgehead atoms. The zero-order chi connectivity index (χ0) is 12.4. The van der Waals surface area contributed by atoms with Crippen LogP contribution < -0.4 is 5.73 Å². The van der Waals surface area contributed by atoms with E-state index in [1.807, 2.05) is 22.7 Å². The van der Waals surface area contributed by atoms with Crippen molar-refractivity contribution < 1.29 is 4.79 Å². The van der Waals surface area contributed by atoms with Gasteiger partial charge in [0.05, 0.1) is 5.56 Å². The maximum Gasteiger partial charge on any atom is 0.256 e. The molecule has 1 atom stereocenters. The van der Waals surface area contributed by atoms with E-state index in [4.69, 9.17) is 5.73 Å². The molecule has 5 heteroatoms. The molecule has 0 aromatic heterocycles. The summed E-state index contributed by atoms with van der Waals surface area (Å²) in [5.74, 6) is 1.05. The van der Waals surface area contributed by atoms with Crippen LogP contribution in [0.1, 0.15) is 17.3 Å². The molecule has 17 heavy (non-hydrogen) atoms. The molecular formula is C12H15BrN2OS. The number of nitrogens with two attached hydrogens (primary N) is 1. The second-order valence-corrected chi connectivity index (χ2v) is 6.63. The highest BCUT2D eigenvalue weighted by Crippen LogP contribution is 2.23. The minimum atomic E-state index is 0.0437. The molecule has 3 nitrogen and oxygen atoms in total. The Balaban J connectivity index is 2.18. The van der Waals surface area contributed by atoms with E-state index in [0.29, 0.717) is 16.5 Å². The van der Waals surface area contributed by atoms with Gasteiger partial charge in [0.25, 0.3) is 5.91 Å². The third kappa shape index (κ3) is 2.96. The summed E-state index contributed by atoms with van der Waals surface area (Å²) in [4.78, 5) is 14.2. The van der Waals surface area contributed by atoms with E-state index in [-0.39, 0.29) is 5.91 Å². The number of hydrogen-bond acceptors (Lipinski definition) is 3. The molecule has 2 N–H and O–H groups in total. The van der Waals surface area contributed by atoms with Gasteiger partial charge >= 0.3 is 0 Å². The largest absolute Gasteiger partial charge is 0.398 e. The lowest BCUT2D eigenvalue weighted by Gasteiger charge is -2.30. The number of hydrogen-bond donors (Lipinski definition) is 1. The van der Waals surface area contributed by atoms with Gasteiger partial charge in [-0.15, -0.1) is 0 Å². The average molecular weight is 315 g/mol. The molecule has 1 fully saturated rings. The first-order chi connectivity index (χ1) is 8.08. The number of rotatable bonds is 1. The second-order valence-electron chi connectivity index (χ2n) is 4.16. The van der Waals surface area contributed by atoms with E-state index in [1.54, 1.807) is 12.1 Å². The van der Waals surface area contributed by atoms with E-state index < -0.39 is 0 Å². The molecule has 1 unspecified atom stereocenters. The van der Waals surface area contributed by atoms with Crippen LogP contribution in [0.4, 0.5) is 5.69 Å². The van der Waals surface area contributed by atoms with Gasteiger partial charge in [-0.3, -0.25) is 4.79 Å². The average Bonchev–Trinajstić information content (AvgIpc) is 2.28. The maximum atomic E-state index is 12.3. The minimum Gasteiger partial charge on any atom is -0.398 e. The molecule has 2 rings (SSSR count). The zero-order valence-electron chi connectivity index (χ0n) is 9.65. The smallest absolute Gasteiger partial charge is 0.256 e. The summed E-state index contributed by atoms with van der Waals surface area (Å²) >= 11 is 5.25. The number of amides is 1. The number of halogens is 1. The van der Waals surface area contributed by atoms with E-state index in [0.717, 1.165) is 23.3 Å². The lowest BCUT2D eigenvalue weighted by molar-refractivity contribution is 0.0764. The molecule has 1 saturated heterocycles. The van der Waals surface area contributed by atoms with Crippen LogP contribution in [0.5, 0.6) is 0 Å². The SMILES string of the molecule is CC1CN(C(=O)c2ccc(Br)cc2N)CCS1. The Morgan fingerprint density at radius 3 is 3.00 bits per heavy atom. The minimum absolute atomic E-state index is 0.0437. The number of carbonyl (C=O) groups excluding carboxylic acids is 1. The van der Waals surface area contributed by atoms with Crippen molar-refractivity contribution in [3.63, 3.8) is 0 Å². The lowest BCUT2D eigenvalue weighted by Crippen LogP contribution is -2.41. The fraction of sp³-hybridized carbons (Fsp3) is 0.417. The van der Waals surface area contributed by atoms with Crippen molar-refractivity contribution in [2.45, 2.75) is 12.2 Å². The van der Waals surface area contributed by atoms with Crippen LogP contribution in [0, 0.1) is 0 Å². The molecule has 0 radical (unpaired) electrons. The first-order valence-electron chi connectivity index (χ1n) is 5.54. The Labute approximate surface area is 114 Å². The standard InChI is InChI=1S/C12H15BrN2OS/c1-8-7-15(4-5-17-8)12(16)10-3-2-9(13)6-11(10)14/h2-3,6,8H,4-5,7,14H2,1H3. The Bertz CT molecular complexity index is 439. The van der Waals surface area contributed by atoms with Crippen LogP contribution in [-0.4, -0.2) is 34.9 Å². The van der Waals surface area contributed by atoms with Crippen LogP contribution in [-0.2, 0) is 0 Å². The quantitative estimate of drug-likeness (QED) is 0.810. The molecule has 0 aliphatic carbocycles. The predicted octanol–water partition coefficient (Wildman–Crippen LogP) is 2.61. The Hall–Kier alpha value is -0.680. The number of nitrogens with zero attached hydrogens (tertiary/aromatic N) is 1. The summed E-state index contributed by atoms with van der Waals surface area (Å²) in [7, 11) is 0. The first-order valence-corrected chi connectivity index (χ1v) is 7.38. The molecule has 1 aliphatic heterocycles. The summed E-state index contributed by atoms with van der Waals surface area (Å²) in [5, 5.41) is 0.504. The van der Waals surface area contributed by atoms with Crippen molar-refractivity contribution in [1.82, 2.24) is 4.90 Å². The molecule has 92 valence electrons. The zero-order valence-corrected chi connectivity index (χ0v) is 12.1. The van der Waals surface area contributed by atoms with E-state index in [2.05, 4.69) is 22.9 Å². The normalized spacial score (nSPS) is 20.4. The fourth-order valence-corrected chi connectivity index (χ4v) is 3.29. The molecule has 1 aromatic rings. The van der Waals surface area contributed by atoms with E-state index in [9.17, 15) is 4.79 Å². The number of anilines is 1. The van der Waals surface area contributed by atoms with E-state index in [1.165, 1.54) is 0 Å². The number of benzene rings is 1. The summed E-state index contributed by atoms with van der Waals surface area (Å²) in [6.45, 7) is 3.76. The Kier molecular flexibility index (Phi) is 3.99. The molecule has 1 aliphatic rings. The van der Waals surface area contributed by atoms with Gasteiger partial charge in [0, 0.05) is 34.3 Å². The van der Waals surface area contributed by atoms with Gasteiger partial charge in [0.15, 0.2) is 0 Å². The molecule has 1 aromatic carbocycles. The van der Waals surface area contributed by atoms with Gasteiger partial charge in [0.2, 0.25) is 0 Å². The van der Waals surface area contributed by atoms with Crippen molar-refractivity contribution in [2.24, 2.45) is 0 Å². The van der Waals surface area contributed by atoms with Crippen molar-refractivity contribution in [1.29, 1.82) is 0 Å². The predicted molar refractivity (Wildman–Crippen MR) is 76.4 cm³/mol. The van der Waals surface area contributed by atoms with Crippen LogP contribution >= 0.6 is 27.7 Å². The molecule has 0 spiro atoms. The first kappa shape index (κ1) is 12.8. The Morgan fingerprint density at radius 1 is 1.59 bits per heavy atom. The van der Waals surface area contributed by atoms with Crippen LogP contribution in [0.15, 0.2) is 22.7 Å². The highest BCUT2D eigenvalue weighted by molar-refractivity contribution is 9.10. The third-order valence-corrected chi connectivity index (χ3v) is 4.40. The summed E-state index contributed by atoms with van der Waals surface area (Å²) in [5.41, 5.74) is 7.02. The maximum absolute atomic E-state index is 12.3. The van der Waals surface area contributed by atoms with Gasteiger partial charge in [-0.25, -0.2) is 0 Å². The number of thioether (sulfide) groups is 1. The van der Waals surface area contributed by atoms with Crippen LogP contribution in [0.25, 0.3) is 0 Å². The second kappa shape index (κ2) is 5.31. The van der Waals surface area contributed by atoms with E-state index >= 15 is 0 Å². The van der Waals surface area contributed by atoms with Gasteiger partial charge in [-0.2, -0.15) is 11.8 Å². The van der Waals surface area contributed by atoms with Crippen LogP contribution in [0.2, 0.25) is 0 Å². The van der Waals surface area contributed by atoms with Crippen molar-refractivity contribution in [3.05, 3.63) is 28.2 Å². The lowest BCUT2D eigenvalue weighted by atomic mass is 10.1. The van der Waals surface area contributed by atoms with Crippen molar-refractivity contribution in [2.75, 3.05) is 24.6 Å². The summed E-state index contributed by atoms with van der Waals surface area (Å²) < 4.78 is 0.897. The van der Waals surface area contributed by atoms with Gasteiger partial charge < -0.3 is 10.6 Å². The fourth-order valence-electron chi connectivity index (χ4n) is 1.90. The van der Waals surface area contributed by atoms with Crippen molar-refractivity contribution >= 4 is 39.3 Å². The topological polar surface area (TPSA) is 46.3 Å². The molecular weight excluding hydrogens is 300 g/mol. The van der Waals surface area contributed by atoms with Crippen LogP contribution in [0.3, 0.4) is 0 Å². The van der Waals surface area contributed by atoms with Gasteiger partial charge in [-0.1, -0.05) is 22.9 Å². The summed E-state index contributed by atoms with van der Waals surface area (Å²) in [6.07, 6.45) is 0. The summed E-state index contributed by atoms with van der Waals surface area (Å²) in [6, 6.07) is 5.41. The van der Waals surface area contributed by atoms with Gasteiger partial charge in [-0.05, 0) is 18.2 Å².